The number of halogens is 3. The minimum Gasteiger partial charge on any atom is -0.481 e. The van der Waals surface area contributed by atoms with Crippen molar-refractivity contribution >= 4 is 39.5 Å². The van der Waals surface area contributed by atoms with E-state index in [-0.39, 0.29) is 39.8 Å². The van der Waals surface area contributed by atoms with E-state index >= 15 is 0 Å². The highest BCUT2D eigenvalue weighted by Crippen LogP contribution is 2.47. The van der Waals surface area contributed by atoms with E-state index in [1.807, 2.05) is 61.2 Å². The van der Waals surface area contributed by atoms with E-state index < -0.39 is 35.5 Å². The SMILES string of the molecule is Cc1ccccc1C1=CC=CC(Nc2nc(C(F)(F)F)nc3cc(CN4CCC(O)C4)cnc23)(c2nc3cc(CN4CCC(C(=O)O)CC4)cc(C#N)c3o2)C1C. The molecule has 8 rings (SSSR count). The molecule has 5 aromatic rings. The summed E-state index contributed by atoms with van der Waals surface area (Å²) in [5, 5.41) is 33.1. The van der Waals surface area contributed by atoms with Crippen LogP contribution in [0.15, 0.2) is 71.3 Å². The van der Waals surface area contributed by atoms with Crippen molar-refractivity contribution in [2.24, 2.45) is 11.8 Å². The zero-order valence-corrected chi connectivity index (χ0v) is 31.4. The topological polar surface area (TPSA) is 165 Å². The van der Waals surface area contributed by atoms with Gasteiger partial charge in [0.2, 0.25) is 11.7 Å². The van der Waals surface area contributed by atoms with Crippen LogP contribution >= 0.6 is 0 Å². The molecule has 3 unspecified atom stereocenters. The van der Waals surface area contributed by atoms with Crippen molar-refractivity contribution < 1.29 is 32.6 Å². The van der Waals surface area contributed by atoms with Crippen molar-refractivity contribution in [3.63, 3.8) is 0 Å². The number of aliphatic carboxylic acids is 1. The number of piperidine rings is 1. The maximum absolute atomic E-state index is 14.5. The molecule has 5 heterocycles. The van der Waals surface area contributed by atoms with E-state index in [0.29, 0.717) is 69.6 Å². The smallest absolute Gasteiger partial charge is 0.451 e. The van der Waals surface area contributed by atoms with Crippen LogP contribution in [0.5, 0.6) is 0 Å². The van der Waals surface area contributed by atoms with Crippen molar-refractivity contribution in [2.45, 2.75) is 64.0 Å². The van der Waals surface area contributed by atoms with Gasteiger partial charge in [0.05, 0.1) is 23.1 Å². The first-order valence-corrected chi connectivity index (χ1v) is 19.0. The number of likely N-dealkylation sites (tertiary alicyclic amines) is 2. The Morgan fingerprint density at radius 3 is 2.47 bits per heavy atom. The molecule has 57 heavy (non-hydrogen) atoms. The third-order valence-corrected chi connectivity index (χ3v) is 11.4. The molecule has 0 spiro atoms. The number of anilines is 1. The number of nitriles is 1. The van der Waals surface area contributed by atoms with Crippen LogP contribution in [0.2, 0.25) is 0 Å². The van der Waals surface area contributed by atoms with Gasteiger partial charge in [-0.3, -0.25) is 19.6 Å². The Morgan fingerprint density at radius 1 is 1.04 bits per heavy atom. The number of alkyl halides is 3. The monoisotopic (exact) mass is 778 g/mol. The fraction of sp³-hybridized carbons (Fsp3) is 0.381. The first-order chi connectivity index (χ1) is 27.3. The summed E-state index contributed by atoms with van der Waals surface area (Å²) in [6, 6.07) is 15.2. The summed E-state index contributed by atoms with van der Waals surface area (Å²) in [7, 11) is 0. The molecule has 2 fully saturated rings. The van der Waals surface area contributed by atoms with Gasteiger partial charge in [-0.05, 0) is 91.4 Å². The number of rotatable bonds is 9. The molecule has 0 saturated carbocycles. The van der Waals surface area contributed by atoms with Gasteiger partial charge in [0.1, 0.15) is 22.6 Å². The normalized spacial score (nSPS) is 22.2. The number of β-amino-alcohol motifs (C(OH)–C–C–N with tert-alkyl or cyclic N) is 1. The van der Waals surface area contributed by atoms with E-state index in [1.165, 1.54) is 0 Å². The summed E-state index contributed by atoms with van der Waals surface area (Å²) in [5.74, 6) is -3.10. The number of nitrogens with zero attached hydrogens (tertiary/aromatic N) is 7. The maximum Gasteiger partial charge on any atom is 0.451 e. The molecule has 3 atom stereocenters. The Morgan fingerprint density at radius 2 is 1.77 bits per heavy atom. The standard InChI is InChI=1S/C42H41F3N8O4/c1-24-6-3-4-7-31(24)32-8-5-12-41(25(32)2,40-49-34-17-26(16-29(19-46)36(34)57-40)21-52-13-9-28(10-14-52)38(55)56)51-37-35-33(48-39(50-37)42(43,44)45)18-27(20-47-35)22-53-15-11-30(54)23-53/h3-8,12,16-18,20,25,28,30,54H,9-11,13-15,21-23H2,1-2H3,(H,55,56)(H,48,50,51). The Kier molecular flexibility index (Phi) is 10.1. The molecule has 294 valence electrons. The van der Waals surface area contributed by atoms with Crippen LogP contribution in [0, 0.1) is 30.1 Å². The summed E-state index contributed by atoms with van der Waals surface area (Å²) in [5.41, 5.74) is 3.77. The first-order valence-electron chi connectivity index (χ1n) is 19.0. The summed E-state index contributed by atoms with van der Waals surface area (Å²) in [6.45, 7) is 7.06. The molecule has 1 aliphatic carbocycles. The van der Waals surface area contributed by atoms with Crippen molar-refractivity contribution in [3.8, 4) is 6.07 Å². The van der Waals surface area contributed by atoms with Crippen LogP contribution in [0.25, 0.3) is 27.7 Å². The molecule has 12 nitrogen and oxygen atoms in total. The zero-order valence-electron chi connectivity index (χ0n) is 31.4. The van der Waals surface area contributed by atoms with Crippen molar-refractivity contribution in [1.29, 1.82) is 5.26 Å². The van der Waals surface area contributed by atoms with Gasteiger partial charge in [-0.15, -0.1) is 0 Å². The second-order valence-corrected chi connectivity index (χ2v) is 15.3. The van der Waals surface area contributed by atoms with Crippen molar-refractivity contribution in [2.75, 3.05) is 31.5 Å². The summed E-state index contributed by atoms with van der Waals surface area (Å²) in [4.78, 5) is 33.2. The number of oxazole rings is 1. The molecule has 3 aliphatic rings. The van der Waals surface area contributed by atoms with E-state index in [0.717, 1.165) is 22.3 Å². The molecule has 2 aliphatic heterocycles. The summed E-state index contributed by atoms with van der Waals surface area (Å²) in [6.07, 6.45) is 3.47. The highest BCUT2D eigenvalue weighted by molar-refractivity contribution is 5.87. The van der Waals surface area contributed by atoms with Gasteiger partial charge in [-0.25, -0.2) is 15.0 Å². The number of nitrogens with one attached hydrogen (secondary N) is 1. The minimum atomic E-state index is -4.88. The van der Waals surface area contributed by atoms with Gasteiger partial charge >= 0.3 is 12.1 Å². The maximum atomic E-state index is 14.5. The quantitative estimate of drug-likeness (QED) is 0.143. The van der Waals surface area contributed by atoms with Crippen LogP contribution < -0.4 is 5.32 Å². The number of hydrogen-bond donors (Lipinski definition) is 3. The summed E-state index contributed by atoms with van der Waals surface area (Å²) >= 11 is 0. The average Bonchev–Trinajstić information content (AvgIpc) is 3.81. The molecule has 2 aromatic carbocycles. The molecule has 3 aromatic heterocycles. The van der Waals surface area contributed by atoms with E-state index in [2.05, 4.69) is 31.2 Å². The van der Waals surface area contributed by atoms with Crippen LogP contribution in [0.4, 0.5) is 19.0 Å². The summed E-state index contributed by atoms with van der Waals surface area (Å²) < 4.78 is 50.1. The zero-order chi connectivity index (χ0) is 40.1. The third-order valence-electron chi connectivity index (χ3n) is 11.4. The van der Waals surface area contributed by atoms with E-state index in [4.69, 9.17) is 9.40 Å². The fourth-order valence-corrected chi connectivity index (χ4v) is 8.33. The molecular weight excluding hydrogens is 738 g/mol. The van der Waals surface area contributed by atoms with Crippen LogP contribution in [-0.4, -0.2) is 78.2 Å². The van der Waals surface area contributed by atoms with Crippen molar-refractivity contribution in [1.82, 2.24) is 29.7 Å². The highest BCUT2D eigenvalue weighted by Gasteiger charge is 2.46. The second kappa shape index (κ2) is 15.0. The number of aryl methyl sites for hydroxylation is 1. The van der Waals surface area contributed by atoms with Crippen LogP contribution in [-0.2, 0) is 29.6 Å². The number of carboxylic acid groups (broad SMARTS) is 1. The van der Waals surface area contributed by atoms with Crippen LogP contribution in [0.1, 0.15) is 65.7 Å². The predicted molar refractivity (Wildman–Crippen MR) is 205 cm³/mol. The molecule has 2 saturated heterocycles. The predicted octanol–water partition coefficient (Wildman–Crippen LogP) is 6.83. The number of hydrogen-bond acceptors (Lipinski definition) is 11. The Balaban J connectivity index is 1.24. The molecular formula is C42H41F3N8O4. The van der Waals surface area contributed by atoms with Gasteiger partial charge in [0.25, 0.3) is 0 Å². The number of fused-ring (bicyclic) bond motifs is 2. The van der Waals surface area contributed by atoms with E-state index in [9.17, 15) is 33.4 Å². The van der Waals surface area contributed by atoms with Crippen molar-refractivity contribution in [3.05, 3.63) is 106 Å². The largest absolute Gasteiger partial charge is 0.481 e. The number of pyridine rings is 1. The number of aromatic nitrogens is 4. The average molecular weight is 779 g/mol. The van der Waals surface area contributed by atoms with E-state index in [1.54, 1.807) is 24.4 Å². The molecule has 0 amide bonds. The Bertz CT molecular complexity index is 2470. The lowest BCUT2D eigenvalue weighted by Gasteiger charge is -2.39. The number of carboxylic acids is 1. The van der Waals surface area contributed by atoms with Gasteiger partial charge in [0, 0.05) is 38.3 Å². The lowest BCUT2D eigenvalue weighted by atomic mass is 9.73. The van der Waals surface area contributed by atoms with Crippen LogP contribution in [0.3, 0.4) is 0 Å². The first kappa shape index (κ1) is 38.2. The Labute approximate surface area is 326 Å². The lowest BCUT2D eigenvalue weighted by molar-refractivity contribution is -0.145. The number of aliphatic hydroxyl groups is 1. The number of benzene rings is 2. The number of allylic oxidation sites excluding steroid dienone is 2. The molecule has 0 radical (unpaired) electrons. The molecule has 15 heteroatoms. The molecule has 0 bridgehead atoms. The Hall–Kier alpha value is -5.69. The van der Waals surface area contributed by atoms with Gasteiger partial charge in [-0.1, -0.05) is 43.3 Å². The lowest BCUT2D eigenvalue weighted by Crippen LogP contribution is -2.42. The number of carbonyl (C=O) groups is 1. The molecule has 3 N–H and O–H groups in total. The second-order valence-electron chi connectivity index (χ2n) is 15.3. The minimum absolute atomic E-state index is 0.00399. The highest BCUT2D eigenvalue weighted by atomic mass is 19.4. The van der Waals surface area contributed by atoms with Gasteiger partial charge < -0.3 is 19.9 Å². The number of aliphatic hydroxyl groups excluding tert-OH is 1. The van der Waals surface area contributed by atoms with Gasteiger partial charge in [-0.2, -0.15) is 18.4 Å². The third kappa shape index (κ3) is 7.48. The van der Waals surface area contributed by atoms with Gasteiger partial charge in [0.15, 0.2) is 11.4 Å². The fourth-order valence-electron chi connectivity index (χ4n) is 8.33.